The summed E-state index contributed by atoms with van der Waals surface area (Å²) in [5.41, 5.74) is 0.821. The van der Waals surface area contributed by atoms with Crippen molar-refractivity contribution in [3.8, 4) is 0 Å². The van der Waals surface area contributed by atoms with Gasteiger partial charge < -0.3 is 9.88 Å². The highest BCUT2D eigenvalue weighted by molar-refractivity contribution is 5.79. The van der Waals surface area contributed by atoms with Crippen LogP contribution >= 0.6 is 0 Å². The number of rotatable bonds is 5. The summed E-state index contributed by atoms with van der Waals surface area (Å²) in [7, 11) is 1.79. The number of nitrogens with zero attached hydrogens (tertiary/aromatic N) is 4. The maximum absolute atomic E-state index is 13.8. The molecule has 0 saturated carbocycles. The van der Waals surface area contributed by atoms with Crippen LogP contribution in [0.3, 0.4) is 0 Å². The van der Waals surface area contributed by atoms with Gasteiger partial charge in [0.25, 0.3) is 5.56 Å². The van der Waals surface area contributed by atoms with Crippen LogP contribution in [0, 0.1) is 5.82 Å². The van der Waals surface area contributed by atoms with Crippen molar-refractivity contribution in [2.75, 3.05) is 0 Å². The zero-order valence-corrected chi connectivity index (χ0v) is 15.6. The van der Waals surface area contributed by atoms with Crippen LogP contribution in [-0.4, -0.2) is 25.0 Å². The first-order valence-electron chi connectivity index (χ1n) is 8.99. The first-order valence-corrected chi connectivity index (χ1v) is 8.99. The van der Waals surface area contributed by atoms with Crippen LogP contribution in [-0.2, 0) is 18.4 Å². The maximum atomic E-state index is 13.8. The molecule has 4 aromatic rings. The van der Waals surface area contributed by atoms with Crippen molar-refractivity contribution in [2.24, 2.45) is 7.05 Å². The predicted molar refractivity (Wildman–Crippen MR) is 106 cm³/mol. The summed E-state index contributed by atoms with van der Waals surface area (Å²) in [6.07, 6.45) is 4.69. The highest BCUT2D eigenvalue weighted by atomic mass is 19.1. The molecular weight excluding hydrogens is 373 g/mol. The number of hydrogen-bond donors (Lipinski definition) is 1. The maximum Gasteiger partial charge on any atom is 0.261 e. The van der Waals surface area contributed by atoms with Crippen LogP contribution in [0.5, 0.6) is 0 Å². The van der Waals surface area contributed by atoms with Crippen molar-refractivity contribution in [3.63, 3.8) is 0 Å². The molecule has 0 radical (unpaired) electrons. The average molecular weight is 391 g/mol. The third kappa shape index (κ3) is 3.77. The molecule has 1 N–H and O–H groups in total. The van der Waals surface area contributed by atoms with Gasteiger partial charge in [-0.25, -0.2) is 14.4 Å². The number of amides is 1. The average Bonchev–Trinajstić information content (AvgIpc) is 3.14. The molecule has 146 valence electrons. The van der Waals surface area contributed by atoms with Crippen LogP contribution in [0.1, 0.15) is 17.4 Å². The molecule has 2 aromatic heterocycles. The van der Waals surface area contributed by atoms with E-state index >= 15 is 0 Å². The Labute approximate surface area is 165 Å². The third-order valence-corrected chi connectivity index (χ3v) is 4.65. The van der Waals surface area contributed by atoms with E-state index in [1.54, 1.807) is 60.4 Å². The van der Waals surface area contributed by atoms with E-state index in [1.807, 2.05) is 0 Å². The van der Waals surface area contributed by atoms with Crippen LogP contribution in [0.15, 0.2) is 72.0 Å². The van der Waals surface area contributed by atoms with E-state index in [4.69, 9.17) is 0 Å². The smallest absolute Gasteiger partial charge is 0.261 e. The lowest BCUT2D eigenvalue weighted by Gasteiger charge is -2.19. The lowest BCUT2D eigenvalue weighted by molar-refractivity contribution is -0.122. The summed E-state index contributed by atoms with van der Waals surface area (Å²) in [5, 5.41) is 3.29. The topological polar surface area (TPSA) is 81.8 Å². The van der Waals surface area contributed by atoms with Gasteiger partial charge in [-0.05, 0) is 29.8 Å². The lowest BCUT2D eigenvalue weighted by atomic mass is 10.1. The number of hydrogen-bond acceptors (Lipinski definition) is 4. The molecular formula is C21H18FN5O2. The molecule has 1 unspecified atom stereocenters. The molecule has 0 saturated heterocycles. The summed E-state index contributed by atoms with van der Waals surface area (Å²) in [6, 6.07) is 12.3. The molecule has 0 aliphatic heterocycles. The molecule has 1 atom stereocenters. The molecule has 2 aromatic carbocycles. The van der Waals surface area contributed by atoms with E-state index in [9.17, 15) is 14.0 Å². The molecule has 0 bridgehead atoms. The molecule has 0 fully saturated rings. The number of nitrogens with one attached hydrogen (secondary N) is 1. The van der Waals surface area contributed by atoms with Crippen molar-refractivity contribution >= 4 is 16.8 Å². The number of aryl methyl sites for hydroxylation is 1. The Balaban J connectivity index is 1.63. The minimum absolute atomic E-state index is 0.215. The summed E-state index contributed by atoms with van der Waals surface area (Å²) in [5.74, 6) is -0.278. The Kier molecular flexibility index (Phi) is 4.90. The minimum atomic E-state index is -0.665. The van der Waals surface area contributed by atoms with Gasteiger partial charge in [0.05, 0.1) is 17.2 Å². The van der Waals surface area contributed by atoms with E-state index in [-0.39, 0.29) is 12.1 Å². The minimum Gasteiger partial charge on any atom is -0.341 e. The lowest BCUT2D eigenvalue weighted by Crippen LogP contribution is -2.36. The van der Waals surface area contributed by atoms with Gasteiger partial charge in [-0.3, -0.25) is 14.2 Å². The fourth-order valence-electron chi connectivity index (χ4n) is 3.22. The third-order valence-electron chi connectivity index (χ3n) is 4.65. The fraction of sp³-hybridized carbons (Fsp3) is 0.143. The van der Waals surface area contributed by atoms with E-state index in [0.717, 1.165) is 0 Å². The Hall–Kier alpha value is -3.81. The molecule has 7 nitrogen and oxygen atoms in total. The normalized spacial score (nSPS) is 12.1. The second-order valence-electron chi connectivity index (χ2n) is 6.65. The number of imidazole rings is 1. The van der Waals surface area contributed by atoms with Gasteiger partial charge in [-0.1, -0.05) is 24.3 Å². The van der Waals surface area contributed by atoms with Crippen molar-refractivity contribution < 1.29 is 9.18 Å². The van der Waals surface area contributed by atoms with Crippen molar-refractivity contribution in [1.29, 1.82) is 0 Å². The predicted octanol–water partition coefficient (Wildman–Crippen LogP) is 2.17. The Morgan fingerprint density at radius 3 is 2.76 bits per heavy atom. The molecule has 0 spiro atoms. The van der Waals surface area contributed by atoms with Gasteiger partial charge in [0.1, 0.15) is 24.2 Å². The first kappa shape index (κ1) is 18.5. The highest BCUT2D eigenvalue weighted by Gasteiger charge is 2.21. The summed E-state index contributed by atoms with van der Waals surface area (Å²) in [4.78, 5) is 33.9. The quantitative estimate of drug-likeness (QED) is 0.565. The van der Waals surface area contributed by atoms with Gasteiger partial charge in [0.2, 0.25) is 5.91 Å². The van der Waals surface area contributed by atoms with E-state index < -0.39 is 17.8 Å². The number of benzene rings is 2. The molecule has 8 heteroatoms. The first-order chi connectivity index (χ1) is 14.0. The number of aromatic nitrogens is 4. The Morgan fingerprint density at radius 2 is 2.00 bits per heavy atom. The second kappa shape index (κ2) is 7.67. The van der Waals surface area contributed by atoms with Crippen molar-refractivity contribution in [2.45, 2.75) is 12.6 Å². The summed E-state index contributed by atoms with van der Waals surface area (Å²) < 4.78 is 16.8. The van der Waals surface area contributed by atoms with Gasteiger partial charge in [-0.15, -0.1) is 0 Å². The van der Waals surface area contributed by atoms with Crippen molar-refractivity contribution in [1.82, 2.24) is 24.4 Å². The van der Waals surface area contributed by atoms with Gasteiger partial charge in [0, 0.05) is 19.4 Å². The molecule has 0 aliphatic rings. The zero-order valence-electron chi connectivity index (χ0n) is 15.6. The fourth-order valence-corrected chi connectivity index (χ4v) is 3.22. The molecule has 29 heavy (non-hydrogen) atoms. The van der Waals surface area contributed by atoms with Gasteiger partial charge in [-0.2, -0.15) is 0 Å². The Bertz CT molecular complexity index is 1250. The molecule has 2 heterocycles. The van der Waals surface area contributed by atoms with Crippen LogP contribution in [0.4, 0.5) is 4.39 Å². The van der Waals surface area contributed by atoms with Crippen LogP contribution < -0.4 is 10.9 Å². The number of fused-ring (bicyclic) bond motifs is 1. The molecule has 1 amide bonds. The summed E-state index contributed by atoms with van der Waals surface area (Å²) >= 11 is 0. The van der Waals surface area contributed by atoms with E-state index in [2.05, 4.69) is 15.3 Å². The van der Waals surface area contributed by atoms with E-state index in [0.29, 0.717) is 22.3 Å². The monoisotopic (exact) mass is 391 g/mol. The summed E-state index contributed by atoms with van der Waals surface area (Å²) in [6.45, 7) is -0.215. The molecule has 4 rings (SSSR count). The number of halogens is 1. The number of para-hydroxylation sites is 1. The number of carbonyl (C=O) groups excluding carboxylic acids is 1. The van der Waals surface area contributed by atoms with Gasteiger partial charge >= 0.3 is 0 Å². The number of carbonyl (C=O) groups is 1. The van der Waals surface area contributed by atoms with Crippen LogP contribution in [0.25, 0.3) is 10.9 Å². The molecule has 0 aliphatic carbocycles. The van der Waals surface area contributed by atoms with E-state index in [1.165, 1.54) is 23.0 Å². The van der Waals surface area contributed by atoms with Crippen molar-refractivity contribution in [3.05, 3.63) is 94.8 Å². The standard InChI is InChI=1S/C21H18FN5O2/c1-26-10-9-23-20(26)19(14-5-4-6-15(22)11-14)25-18(28)12-27-13-24-17-8-3-2-7-16(17)21(27)29/h2-11,13,19H,12H2,1H3,(H,25,28). The Morgan fingerprint density at radius 1 is 1.17 bits per heavy atom. The second-order valence-corrected chi connectivity index (χ2v) is 6.65. The highest BCUT2D eigenvalue weighted by Crippen LogP contribution is 2.21. The SMILES string of the molecule is Cn1ccnc1C(NC(=O)Cn1cnc2ccccc2c1=O)c1cccc(F)c1. The largest absolute Gasteiger partial charge is 0.341 e. The van der Waals surface area contributed by atoms with Gasteiger partial charge in [0.15, 0.2) is 0 Å². The van der Waals surface area contributed by atoms with Crippen LogP contribution in [0.2, 0.25) is 0 Å². The zero-order chi connectivity index (χ0) is 20.4.